The first-order chi connectivity index (χ1) is 11.3. The Labute approximate surface area is 140 Å². The number of fused-ring (bicyclic) bond motifs is 1. The lowest BCUT2D eigenvalue weighted by molar-refractivity contribution is -0.142. The molecule has 1 aliphatic rings. The Hall–Kier alpha value is -2.88. The van der Waals surface area contributed by atoms with Crippen molar-refractivity contribution >= 4 is 17.8 Å². The molecule has 0 saturated heterocycles. The second-order valence-electron chi connectivity index (χ2n) is 6.65. The molecule has 24 heavy (non-hydrogen) atoms. The molecular formula is C20H18O4. The molecule has 0 fully saturated rings. The van der Waals surface area contributed by atoms with Gasteiger partial charge in [-0.15, -0.1) is 0 Å². The van der Waals surface area contributed by atoms with E-state index in [1.807, 2.05) is 30.3 Å². The van der Waals surface area contributed by atoms with E-state index in [2.05, 4.69) is 0 Å². The summed E-state index contributed by atoms with van der Waals surface area (Å²) in [6, 6.07) is 14.3. The van der Waals surface area contributed by atoms with Crippen LogP contribution in [0.5, 0.6) is 11.5 Å². The first-order valence-electron chi connectivity index (χ1n) is 7.70. The zero-order valence-corrected chi connectivity index (χ0v) is 13.8. The molecule has 0 bridgehead atoms. The number of hydrogen-bond donors (Lipinski definition) is 0. The van der Waals surface area contributed by atoms with Crippen LogP contribution in [0.4, 0.5) is 0 Å². The normalized spacial score (nSPS) is 15.1. The zero-order chi connectivity index (χ0) is 17.3. The lowest BCUT2D eigenvalue weighted by Crippen LogP contribution is -2.25. The molecule has 1 aliphatic heterocycles. The molecule has 2 aromatic carbocycles. The number of ether oxygens (including phenoxy) is 2. The van der Waals surface area contributed by atoms with Crippen LogP contribution >= 0.6 is 0 Å². The van der Waals surface area contributed by atoms with Gasteiger partial charge < -0.3 is 9.47 Å². The predicted octanol–water partition coefficient (Wildman–Crippen LogP) is 4.25. The van der Waals surface area contributed by atoms with Crippen LogP contribution in [0.3, 0.4) is 0 Å². The molecule has 0 spiro atoms. The summed E-state index contributed by atoms with van der Waals surface area (Å²) in [6.45, 7) is 5.34. The lowest BCUT2D eigenvalue weighted by atomic mass is 9.97. The van der Waals surface area contributed by atoms with Gasteiger partial charge in [0.05, 0.1) is 11.0 Å². The number of ketones is 1. The first-order valence-corrected chi connectivity index (χ1v) is 7.70. The highest BCUT2D eigenvalue weighted by Crippen LogP contribution is 2.35. The SMILES string of the molecule is CC(C)(C)C(=O)Oc1ccc2c(c1)O/C(=C\c1ccccc1)C2=O. The smallest absolute Gasteiger partial charge is 0.316 e. The van der Waals surface area contributed by atoms with Crippen molar-refractivity contribution in [3.63, 3.8) is 0 Å². The summed E-state index contributed by atoms with van der Waals surface area (Å²) in [5.41, 5.74) is 0.745. The molecule has 0 N–H and O–H groups in total. The Balaban J connectivity index is 1.85. The van der Waals surface area contributed by atoms with Gasteiger partial charge in [-0.3, -0.25) is 9.59 Å². The maximum atomic E-state index is 12.4. The molecule has 1 heterocycles. The third kappa shape index (κ3) is 3.23. The molecule has 0 aliphatic carbocycles. The summed E-state index contributed by atoms with van der Waals surface area (Å²) in [5, 5.41) is 0. The minimum Gasteiger partial charge on any atom is -0.452 e. The minimum atomic E-state index is -0.603. The zero-order valence-electron chi connectivity index (χ0n) is 13.8. The van der Waals surface area contributed by atoms with Gasteiger partial charge in [-0.05, 0) is 44.5 Å². The fraction of sp³-hybridized carbons (Fsp3) is 0.200. The van der Waals surface area contributed by atoms with Gasteiger partial charge in [-0.25, -0.2) is 0 Å². The number of Topliss-reactive ketones (excluding diaryl/α,β-unsaturated/α-hetero) is 1. The van der Waals surface area contributed by atoms with Gasteiger partial charge in [0.1, 0.15) is 11.5 Å². The highest BCUT2D eigenvalue weighted by atomic mass is 16.5. The maximum absolute atomic E-state index is 12.4. The van der Waals surface area contributed by atoms with Crippen molar-refractivity contribution in [1.29, 1.82) is 0 Å². The molecule has 3 rings (SSSR count). The molecular weight excluding hydrogens is 304 g/mol. The van der Waals surface area contributed by atoms with E-state index in [-0.39, 0.29) is 17.5 Å². The van der Waals surface area contributed by atoms with Gasteiger partial charge in [0, 0.05) is 6.07 Å². The number of esters is 1. The molecule has 0 saturated carbocycles. The molecule has 0 atom stereocenters. The molecule has 0 radical (unpaired) electrons. The number of benzene rings is 2. The Morgan fingerprint density at radius 2 is 1.79 bits per heavy atom. The van der Waals surface area contributed by atoms with Crippen LogP contribution in [0.2, 0.25) is 0 Å². The minimum absolute atomic E-state index is 0.178. The van der Waals surface area contributed by atoms with Crippen LogP contribution in [-0.4, -0.2) is 11.8 Å². The standard InChI is InChI=1S/C20H18O4/c1-20(2,3)19(22)23-14-9-10-15-16(12-14)24-17(18(15)21)11-13-7-5-4-6-8-13/h4-12H,1-3H3/b17-11-. The van der Waals surface area contributed by atoms with Gasteiger partial charge in [0.15, 0.2) is 5.76 Å². The lowest BCUT2D eigenvalue weighted by Gasteiger charge is -2.16. The number of hydrogen-bond acceptors (Lipinski definition) is 4. The van der Waals surface area contributed by atoms with Crippen LogP contribution in [0, 0.1) is 5.41 Å². The summed E-state index contributed by atoms with van der Waals surface area (Å²) < 4.78 is 11.0. The summed E-state index contributed by atoms with van der Waals surface area (Å²) in [4.78, 5) is 24.4. The summed E-state index contributed by atoms with van der Waals surface area (Å²) in [7, 11) is 0. The van der Waals surface area contributed by atoms with Crippen molar-refractivity contribution in [2.24, 2.45) is 5.41 Å². The second-order valence-corrected chi connectivity index (χ2v) is 6.65. The second kappa shape index (κ2) is 5.96. The van der Waals surface area contributed by atoms with Crippen LogP contribution < -0.4 is 9.47 Å². The Kier molecular flexibility index (Phi) is 3.97. The quantitative estimate of drug-likeness (QED) is 0.471. The highest BCUT2D eigenvalue weighted by Gasteiger charge is 2.29. The van der Waals surface area contributed by atoms with Crippen molar-refractivity contribution in [2.75, 3.05) is 0 Å². The third-order valence-corrected chi connectivity index (χ3v) is 3.56. The molecule has 122 valence electrons. The molecule has 2 aromatic rings. The van der Waals surface area contributed by atoms with Crippen LogP contribution in [0.15, 0.2) is 54.3 Å². The molecule has 0 aromatic heterocycles. The fourth-order valence-electron chi connectivity index (χ4n) is 2.19. The third-order valence-electron chi connectivity index (χ3n) is 3.56. The van der Waals surface area contributed by atoms with E-state index < -0.39 is 5.41 Å². The Bertz CT molecular complexity index is 826. The van der Waals surface area contributed by atoms with Gasteiger partial charge >= 0.3 is 5.97 Å². The van der Waals surface area contributed by atoms with E-state index in [4.69, 9.17) is 9.47 Å². The fourth-order valence-corrected chi connectivity index (χ4v) is 2.19. The topological polar surface area (TPSA) is 52.6 Å². The molecule has 4 heteroatoms. The van der Waals surface area contributed by atoms with Gasteiger partial charge in [0.2, 0.25) is 5.78 Å². The van der Waals surface area contributed by atoms with Crippen LogP contribution in [0.1, 0.15) is 36.7 Å². The first kappa shape index (κ1) is 16.0. The molecule has 0 unspecified atom stereocenters. The number of allylic oxidation sites excluding steroid dienone is 1. The van der Waals surface area contributed by atoms with Crippen molar-refractivity contribution < 1.29 is 19.1 Å². The van der Waals surface area contributed by atoms with Crippen molar-refractivity contribution in [2.45, 2.75) is 20.8 Å². The number of rotatable bonds is 2. The Morgan fingerprint density at radius 3 is 2.46 bits per heavy atom. The molecule has 0 amide bonds. The van der Waals surface area contributed by atoms with E-state index in [9.17, 15) is 9.59 Å². The predicted molar refractivity (Wildman–Crippen MR) is 90.9 cm³/mol. The van der Waals surface area contributed by atoms with Crippen LogP contribution in [0.25, 0.3) is 6.08 Å². The van der Waals surface area contributed by atoms with Crippen molar-refractivity contribution in [3.8, 4) is 11.5 Å². The van der Waals surface area contributed by atoms with E-state index in [0.717, 1.165) is 5.56 Å². The average molecular weight is 322 g/mol. The number of carbonyl (C=O) groups excluding carboxylic acids is 2. The van der Waals surface area contributed by atoms with E-state index in [1.54, 1.807) is 45.0 Å². The van der Waals surface area contributed by atoms with Crippen molar-refractivity contribution in [1.82, 2.24) is 0 Å². The van der Waals surface area contributed by atoms with E-state index in [1.165, 1.54) is 0 Å². The number of carbonyl (C=O) groups is 2. The summed E-state index contributed by atoms with van der Waals surface area (Å²) >= 11 is 0. The van der Waals surface area contributed by atoms with E-state index >= 15 is 0 Å². The summed E-state index contributed by atoms with van der Waals surface area (Å²) in [5.74, 6) is 0.508. The monoisotopic (exact) mass is 322 g/mol. The highest BCUT2D eigenvalue weighted by molar-refractivity contribution is 6.14. The van der Waals surface area contributed by atoms with Gasteiger partial charge in [-0.2, -0.15) is 0 Å². The maximum Gasteiger partial charge on any atom is 0.316 e. The van der Waals surface area contributed by atoms with Gasteiger partial charge in [-0.1, -0.05) is 30.3 Å². The Morgan fingerprint density at radius 1 is 1.08 bits per heavy atom. The molecule has 4 nitrogen and oxygen atoms in total. The average Bonchev–Trinajstić information content (AvgIpc) is 2.83. The van der Waals surface area contributed by atoms with Gasteiger partial charge in [0.25, 0.3) is 0 Å². The van der Waals surface area contributed by atoms with Crippen LogP contribution in [-0.2, 0) is 4.79 Å². The van der Waals surface area contributed by atoms with Crippen molar-refractivity contribution in [3.05, 3.63) is 65.4 Å². The largest absolute Gasteiger partial charge is 0.452 e. The van der Waals surface area contributed by atoms with E-state index in [0.29, 0.717) is 17.1 Å². The summed E-state index contributed by atoms with van der Waals surface area (Å²) in [6.07, 6.45) is 1.70.